The molecule has 0 aromatic rings. The summed E-state index contributed by atoms with van der Waals surface area (Å²) in [5.74, 6) is 0. The Labute approximate surface area is 88.4 Å². The molecule has 0 aromatic carbocycles. The zero-order chi connectivity index (χ0) is 11.9. The molecule has 15 heavy (non-hydrogen) atoms. The van der Waals surface area contributed by atoms with Crippen molar-refractivity contribution in [2.75, 3.05) is 13.1 Å². The molecule has 1 saturated heterocycles. The van der Waals surface area contributed by atoms with Crippen molar-refractivity contribution in [2.24, 2.45) is 0 Å². The van der Waals surface area contributed by atoms with Gasteiger partial charge in [0.2, 0.25) is 0 Å². The van der Waals surface area contributed by atoms with Gasteiger partial charge in [0.05, 0.1) is 5.60 Å². The van der Waals surface area contributed by atoms with Gasteiger partial charge < -0.3 is 4.74 Å². The number of hydrogen-bond donors (Lipinski definition) is 0. The lowest BCUT2D eigenvalue weighted by molar-refractivity contribution is -0.274. The molecule has 0 amide bonds. The van der Waals surface area contributed by atoms with Crippen LogP contribution in [-0.4, -0.2) is 41.9 Å². The van der Waals surface area contributed by atoms with Gasteiger partial charge in [-0.25, -0.2) is 0 Å². The number of rotatable bonds is 1. The highest BCUT2D eigenvalue weighted by Crippen LogP contribution is 2.32. The molecule has 1 aliphatic rings. The van der Waals surface area contributed by atoms with Crippen LogP contribution in [0.25, 0.3) is 0 Å². The summed E-state index contributed by atoms with van der Waals surface area (Å²) in [5.41, 5.74) is -0.733. The molecule has 1 unspecified atom stereocenters. The smallest absolute Gasteiger partial charge is 0.360 e. The lowest BCUT2D eigenvalue weighted by atomic mass is 10.0. The molecule has 0 radical (unpaired) electrons. The van der Waals surface area contributed by atoms with E-state index >= 15 is 0 Å². The van der Waals surface area contributed by atoms with Crippen molar-refractivity contribution < 1.29 is 17.9 Å². The molecule has 0 spiro atoms. The fraction of sp³-hybridized carbons (Fsp3) is 1.00. The number of ether oxygens (including phenoxy) is 1. The predicted molar refractivity (Wildman–Crippen MR) is 51.7 cm³/mol. The highest BCUT2D eigenvalue weighted by molar-refractivity contribution is 4.88. The summed E-state index contributed by atoms with van der Waals surface area (Å²) < 4.78 is 42.8. The number of alkyl halides is 3. The highest BCUT2D eigenvalue weighted by Gasteiger charge is 2.48. The van der Waals surface area contributed by atoms with E-state index in [1.807, 2.05) is 18.7 Å². The summed E-state index contributed by atoms with van der Waals surface area (Å²) in [6, 6.07) is 0.109. The number of nitrogens with zero attached hydrogens (tertiary/aromatic N) is 1. The Morgan fingerprint density at radius 2 is 1.87 bits per heavy atom. The first-order valence-corrected chi connectivity index (χ1v) is 5.10. The summed E-state index contributed by atoms with van der Waals surface area (Å²) in [6.07, 6.45) is -5.94. The number of hydrogen-bond acceptors (Lipinski definition) is 2. The van der Waals surface area contributed by atoms with Crippen LogP contribution >= 0.6 is 0 Å². The minimum atomic E-state index is -4.27. The largest absolute Gasteiger partial charge is 0.415 e. The summed E-state index contributed by atoms with van der Waals surface area (Å²) in [5, 5.41) is 0. The zero-order valence-electron chi connectivity index (χ0n) is 9.56. The van der Waals surface area contributed by atoms with Crippen molar-refractivity contribution in [1.82, 2.24) is 4.90 Å². The van der Waals surface area contributed by atoms with Crippen molar-refractivity contribution in [2.45, 2.75) is 51.6 Å². The van der Waals surface area contributed by atoms with Gasteiger partial charge in [-0.3, -0.25) is 4.90 Å². The Kier molecular flexibility index (Phi) is 3.36. The molecule has 0 aliphatic carbocycles. The molecule has 1 fully saturated rings. The van der Waals surface area contributed by atoms with Crippen LogP contribution in [0.3, 0.4) is 0 Å². The van der Waals surface area contributed by atoms with Crippen LogP contribution in [0, 0.1) is 0 Å². The SMILES string of the molecule is CC(C)N1CC(C(F)(F)F)OC(C)(C)C1. The third-order valence-corrected chi connectivity index (χ3v) is 2.54. The second kappa shape index (κ2) is 3.94. The Morgan fingerprint density at radius 3 is 2.27 bits per heavy atom. The first kappa shape index (κ1) is 12.8. The molecule has 1 heterocycles. The number of halogens is 3. The fourth-order valence-corrected chi connectivity index (χ4v) is 1.79. The van der Waals surface area contributed by atoms with E-state index in [-0.39, 0.29) is 12.6 Å². The Balaban J connectivity index is 2.77. The third kappa shape index (κ3) is 3.34. The Hall–Kier alpha value is -0.290. The van der Waals surface area contributed by atoms with Crippen LogP contribution in [0.2, 0.25) is 0 Å². The van der Waals surface area contributed by atoms with E-state index in [4.69, 9.17) is 4.74 Å². The topological polar surface area (TPSA) is 12.5 Å². The molecule has 90 valence electrons. The average molecular weight is 225 g/mol. The minimum absolute atomic E-state index is 0.0649. The van der Waals surface area contributed by atoms with E-state index in [2.05, 4.69) is 0 Å². The lowest BCUT2D eigenvalue weighted by Crippen LogP contribution is -2.58. The predicted octanol–water partition coefficient (Wildman–Crippen LogP) is 2.44. The quantitative estimate of drug-likeness (QED) is 0.679. The second-order valence-corrected chi connectivity index (χ2v) is 4.93. The molecule has 0 bridgehead atoms. The van der Waals surface area contributed by atoms with Crippen molar-refractivity contribution in [3.8, 4) is 0 Å². The molecule has 1 rings (SSSR count). The first-order chi connectivity index (χ1) is 6.62. The molecule has 0 saturated carbocycles. The maximum absolute atomic E-state index is 12.6. The standard InChI is InChI=1S/C10H18F3NO/c1-7(2)14-5-8(10(11,12)13)15-9(3,4)6-14/h7-8H,5-6H2,1-4H3. The highest BCUT2D eigenvalue weighted by atomic mass is 19.4. The fourth-order valence-electron chi connectivity index (χ4n) is 1.79. The van der Waals surface area contributed by atoms with Gasteiger partial charge in [-0.1, -0.05) is 0 Å². The van der Waals surface area contributed by atoms with E-state index in [1.54, 1.807) is 13.8 Å². The van der Waals surface area contributed by atoms with Crippen LogP contribution in [-0.2, 0) is 4.74 Å². The van der Waals surface area contributed by atoms with E-state index in [9.17, 15) is 13.2 Å². The molecule has 1 aliphatic heterocycles. The van der Waals surface area contributed by atoms with Gasteiger partial charge >= 0.3 is 6.18 Å². The van der Waals surface area contributed by atoms with E-state index in [0.717, 1.165) is 0 Å². The van der Waals surface area contributed by atoms with Gasteiger partial charge in [-0.2, -0.15) is 13.2 Å². The van der Waals surface area contributed by atoms with Gasteiger partial charge in [-0.05, 0) is 27.7 Å². The molecular weight excluding hydrogens is 207 g/mol. The van der Waals surface area contributed by atoms with Gasteiger partial charge in [0.25, 0.3) is 0 Å². The van der Waals surface area contributed by atoms with E-state index in [1.165, 1.54) is 0 Å². The molecule has 0 N–H and O–H groups in total. The summed E-state index contributed by atoms with van der Waals surface area (Å²) in [6.45, 7) is 7.66. The van der Waals surface area contributed by atoms with Crippen LogP contribution in [0.5, 0.6) is 0 Å². The molecule has 1 atom stereocenters. The maximum atomic E-state index is 12.6. The zero-order valence-corrected chi connectivity index (χ0v) is 9.56. The van der Waals surface area contributed by atoms with E-state index < -0.39 is 17.9 Å². The van der Waals surface area contributed by atoms with Crippen molar-refractivity contribution in [3.05, 3.63) is 0 Å². The molecule has 5 heteroatoms. The Bertz CT molecular complexity index is 225. The van der Waals surface area contributed by atoms with E-state index in [0.29, 0.717) is 6.54 Å². The summed E-state index contributed by atoms with van der Waals surface area (Å²) >= 11 is 0. The lowest BCUT2D eigenvalue weighted by Gasteiger charge is -2.44. The van der Waals surface area contributed by atoms with Gasteiger partial charge in [0.15, 0.2) is 6.10 Å². The van der Waals surface area contributed by atoms with Gasteiger partial charge in [0, 0.05) is 19.1 Å². The third-order valence-electron chi connectivity index (χ3n) is 2.54. The van der Waals surface area contributed by atoms with Crippen molar-refractivity contribution in [1.29, 1.82) is 0 Å². The molecular formula is C10H18F3NO. The summed E-state index contributed by atoms with van der Waals surface area (Å²) in [4.78, 5) is 1.81. The van der Waals surface area contributed by atoms with Crippen LogP contribution in [0.4, 0.5) is 13.2 Å². The second-order valence-electron chi connectivity index (χ2n) is 4.93. The van der Waals surface area contributed by atoms with Crippen LogP contribution in [0.15, 0.2) is 0 Å². The normalized spacial score (nSPS) is 28.4. The van der Waals surface area contributed by atoms with Crippen molar-refractivity contribution in [3.63, 3.8) is 0 Å². The van der Waals surface area contributed by atoms with Crippen LogP contribution < -0.4 is 0 Å². The van der Waals surface area contributed by atoms with Crippen LogP contribution in [0.1, 0.15) is 27.7 Å². The van der Waals surface area contributed by atoms with Gasteiger partial charge in [-0.15, -0.1) is 0 Å². The average Bonchev–Trinajstić information content (AvgIpc) is 1.99. The minimum Gasteiger partial charge on any atom is -0.360 e. The molecule has 2 nitrogen and oxygen atoms in total. The number of morpholine rings is 1. The van der Waals surface area contributed by atoms with Gasteiger partial charge in [0.1, 0.15) is 0 Å². The maximum Gasteiger partial charge on any atom is 0.415 e. The monoisotopic (exact) mass is 225 g/mol. The first-order valence-electron chi connectivity index (χ1n) is 5.10. The Morgan fingerprint density at radius 1 is 1.33 bits per heavy atom. The summed E-state index contributed by atoms with van der Waals surface area (Å²) in [7, 11) is 0. The van der Waals surface area contributed by atoms with Crippen molar-refractivity contribution >= 4 is 0 Å². The molecule has 0 aromatic heterocycles.